The highest BCUT2D eigenvalue weighted by atomic mass is 14.9. The molecule has 4 aromatic rings. The van der Waals surface area contributed by atoms with E-state index in [1.165, 1.54) is 50.1 Å². The molecule has 1 N–H and O–H groups in total. The number of hydrogen-bond acceptors (Lipinski definition) is 0. The van der Waals surface area contributed by atoms with E-state index < -0.39 is 0 Å². The van der Waals surface area contributed by atoms with Crippen LogP contribution < -0.4 is 9.55 Å². The number of H-pyrrole nitrogens is 1. The SMILES string of the molecule is CCCc1cc(C)c(CC)c(-c2cccc[n+]2C)c1-c1ccc2ccccc2[nH+]1. The second-order valence-corrected chi connectivity index (χ2v) is 7.84. The number of para-hydroxylation sites is 1. The van der Waals surface area contributed by atoms with Gasteiger partial charge in [0.1, 0.15) is 7.05 Å². The molecule has 2 heteroatoms. The van der Waals surface area contributed by atoms with Crippen molar-refractivity contribution < 1.29 is 9.55 Å². The summed E-state index contributed by atoms with van der Waals surface area (Å²) in [6.07, 6.45) is 5.36. The molecule has 0 fully saturated rings. The van der Waals surface area contributed by atoms with Crippen molar-refractivity contribution in [2.75, 3.05) is 0 Å². The maximum absolute atomic E-state index is 3.73. The van der Waals surface area contributed by atoms with Crippen LogP contribution in [0.5, 0.6) is 0 Å². The molecule has 0 amide bonds. The Morgan fingerprint density at radius 1 is 0.897 bits per heavy atom. The standard InChI is InChI=1S/C27H29N2/c1-5-11-21-18-19(3)22(6-2)27(25-14-9-10-17-29(25)4)26(21)24-16-15-20-12-7-8-13-23(20)28-24/h7-10,12-18H,5-6,11H2,1-4H3/q+1/p+1. The highest BCUT2D eigenvalue weighted by Crippen LogP contribution is 2.38. The van der Waals surface area contributed by atoms with Crippen molar-refractivity contribution in [1.82, 2.24) is 0 Å². The smallest absolute Gasteiger partial charge is 0.204 e. The highest BCUT2D eigenvalue weighted by Gasteiger charge is 2.26. The lowest BCUT2D eigenvalue weighted by Gasteiger charge is -2.18. The van der Waals surface area contributed by atoms with Gasteiger partial charge in [-0.25, -0.2) is 9.55 Å². The molecule has 0 aliphatic rings. The fourth-order valence-corrected chi connectivity index (χ4v) is 4.49. The normalized spacial score (nSPS) is 11.2. The van der Waals surface area contributed by atoms with Crippen LogP contribution in [0.1, 0.15) is 37.0 Å². The highest BCUT2D eigenvalue weighted by molar-refractivity contribution is 5.86. The number of aromatic amines is 1. The summed E-state index contributed by atoms with van der Waals surface area (Å²) in [5.74, 6) is 0. The number of fused-ring (bicyclic) bond motifs is 1. The van der Waals surface area contributed by atoms with Crippen molar-refractivity contribution in [1.29, 1.82) is 0 Å². The van der Waals surface area contributed by atoms with Crippen LogP contribution in [-0.2, 0) is 19.9 Å². The average Bonchev–Trinajstić information content (AvgIpc) is 2.74. The molecular weight excluding hydrogens is 352 g/mol. The van der Waals surface area contributed by atoms with Gasteiger partial charge in [0.25, 0.3) is 0 Å². The number of nitrogens with zero attached hydrogens (tertiary/aromatic N) is 1. The van der Waals surface area contributed by atoms with E-state index in [4.69, 9.17) is 0 Å². The third kappa shape index (κ3) is 3.55. The van der Waals surface area contributed by atoms with Crippen LogP contribution in [0.3, 0.4) is 0 Å². The van der Waals surface area contributed by atoms with Gasteiger partial charge in [0, 0.05) is 29.7 Å². The molecule has 0 radical (unpaired) electrons. The lowest BCUT2D eigenvalue weighted by Crippen LogP contribution is -2.31. The lowest BCUT2D eigenvalue weighted by atomic mass is 9.85. The average molecular weight is 383 g/mol. The topological polar surface area (TPSA) is 18.0 Å². The summed E-state index contributed by atoms with van der Waals surface area (Å²) in [6.45, 7) is 6.79. The van der Waals surface area contributed by atoms with E-state index in [1.807, 2.05) is 0 Å². The van der Waals surface area contributed by atoms with Gasteiger partial charge in [0.2, 0.25) is 16.9 Å². The van der Waals surface area contributed by atoms with Crippen molar-refractivity contribution in [2.45, 2.75) is 40.0 Å². The van der Waals surface area contributed by atoms with Crippen molar-refractivity contribution in [3.8, 4) is 22.5 Å². The number of nitrogens with one attached hydrogen (secondary N) is 1. The Labute approximate surface area is 173 Å². The molecule has 2 aromatic carbocycles. The Balaban J connectivity index is 2.10. The van der Waals surface area contributed by atoms with Crippen LogP contribution in [0.25, 0.3) is 33.4 Å². The Bertz CT molecular complexity index is 1170. The van der Waals surface area contributed by atoms with Crippen molar-refractivity contribution >= 4 is 10.9 Å². The monoisotopic (exact) mass is 382 g/mol. The second-order valence-electron chi connectivity index (χ2n) is 7.84. The number of hydrogen-bond donors (Lipinski definition) is 0. The first-order valence-electron chi connectivity index (χ1n) is 10.7. The van der Waals surface area contributed by atoms with E-state index in [1.54, 1.807) is 0 Å². The Morgan fingerprint density at radius 3 is 2.45 bits per heavy atom. The van der Waals surface area contributed by atoms with E-state index in [0.29, 0.717) is 0 Å². The molecule has 146 valence electrons. The number of benzene rings is 2. The molecule has 0 spiro atoms. The van der Waals surface area contributed by atoms with Gasteiger partial charge in [0.15, 0.2) is 6.20 Å². The predicted octanol–water partition coefficient (Wildman–Crippen LogP) is 5.64. The Kier molecular flexibility index (Phi) is 5.44. The van der Waals surface area contributed by atoms with E-state index in [2.05, 4.69) is 104 Å². The Hall–Kier alpha value is -3.00. The van der Waals surface area contributed by atoms with Gasteiger partial charge in [-0.2, -0.15) is 0 Å². The number of rotatable bonds is 5. The van der Waals surface area contributed by atoms with Gasteiger partial charge in [-0.05, 0) is 54.7 Å². The molecule has 0 bridgehead atoms. The molecular formula is C27H30N2+2. The number of aryl methyl sites for hydroxylation is 3. The van der Waals surface area contributed by atoms with Gasteiger partial charge >= 0.3 is 0 Å². The molecule has 0 aliphatic heterocycles. The van der Waals surface area contributed by atoms with Crippen LogP contribution in [-0.4, -0.2) is 0 Å². The third-order valence-corrected chi connectivity index (χ3v) is 5.85. The third-order valence-electron chi connectivity index (χ3n) is 5.85. The van der Waals surface area contributed by atoms with Crippen molar-refractivity contribution in [3.63, 3.8) is 0 Å². The van der Waals surface area contributed by atoms with Crippen LogP contribution in [0, 0.1) is 6.92 Å². The first kappa shape index (κ1) is 19.3. The van der Waals surface area contributed by atoms with Crippen molar-refractivity contribution in [3.05, 3.63) is 83.6 Å². The summed E-state index contributed by atoms with van der Waals surface area (Å²) in [4.78, 5) is 3.73. The maximum atomic E-state index is 3.73. The predicted molar refractivity (Wildman–Crippen MR) is 121 cm³/mol. The summed E-state index contributed by atoms with van der Waals surface area (Å²) in [7, 11) is 2.14. The molecule has 2 aromatic heterocycles. The maximum Gasteiger partial charge on any atom is 0.213 e. The van der Waals surface area contributed by atoms with Crippen LogP contribution in [0.4, 0.5) is 0 Å². The first-order chi connectivity index (χ1) is 14.1. The first-order valence-corrected chi connectivity index (χ1v) is 10.7. The van der Waals surface area contributed by atoms with Crippen LogP contribution in [0.2, 0.25) is 0 Å². The van der Waals surface area contributed by atoms with E-state index in [0.717, 1.165) is 19.3 Å². The van der Waals surface area contributed by atoms with Crippen LogP contribution >= 0.6 is 0 Å². The quantitative estimate of drug-likeness (QED) is 0.398. The van der Waals surface area contributed by atoms with E-state index in [9.17, 15) is 0 Å². The fourth-order valence-electron chi connectivity index (χ4n) is 4.49. The summed E-state index contributed by atoms with van der Waals surface area (Å²) in [6, 6.07) is 21.9. The minimum absolute atomic E-state index is 1.02. The summed E-state index contributed by atoms with van der Waals surface area (Å²) >= 11 is 0. The molecule has 4 rings (SSSR count). The summed E-state index contributed by atoms with van der Waals surface area (Å²) in [5.41, 5.74) is 10.6. The molecule has 0 aliphatic carbocycles. The van der Waals surface area contributed by atoms with Gasteiger partial charge in [-0.1, -0.05) is 38.5 Å². The molecule has 2 heterocycles. The molecule has 29 heavy (non-hydrogen) atoms. The molecule has 2 nitrogen and oxygen atoms in total. The lowest BCUT2D eigenvalue weighted by molar-refractivity contribution is -0.660. The summed E-state index contributed by atoms with van der Waals surface area (Å²) < 4.78 is 2.24. The zero-order chi connectivity index (χ0) is 20.4. The zero-order valence-electron chi connectivity index (χ0n) is 17.9. The van der Waals surface area contributed by atoms with E-state index in [-0.39, 0.29) is 0 Å². The Morgan fingerprint density at radius 2 is 1.69 bits per heavy atom. The van der Waals surface area contributed by atoms with Gasteiger partial charge in [0.05, 0.1) is 11.1 Å². The fraction of sp³-hybridized carbons (Fsp3) is 0.259. The second kappa shape index (κ2) is 8.16. The number of aromatic nitrogens is 2. The minimum Gasteiger partial charge on any atom is -0.204 e. The molecule has 0 saturated carbocycles. The largest absolute Gasteiger partial charge is 0.213 e. The van der Waals surface area contributed by atoms with Gasteiger partial charge in [-0.3, -0.25) is 0 Å². The summed E-state index contributed by atoms with van der Waals surface area (Å²) in [5, 5.41) is 1.24. The molecule has 0 atom stereocenters. The number of pyridine rings is 2. The van der Waals surface area contributed by atoms with E-state index >= 15 is 0 Å². The van der Waals surface area contributed by atoms with Crippen LogP contribution in [0.15, 0.2) is 66.9 Å². The minimum atomic E-state index is 1.02. The molecule has 0 saturated heterocycles. The van der Waals surface area contributed by atoms with Gasteiger partial charge in [-0.15, -0.1) is 0 Å². The zero-order valence-corrected chi connectivity index (χ0v) is 17.9. The van der Waals surface area contributed by atoms with Gasteiger partial charge < -0.3 is 0 Å². The molecule has 0 unspecified atom stereocenters. The van der Waals surface area contributed by atoms with Crippen molar-refractivity contribution in [2.24, 2.45) is 7.05 Å².